The molecule has 0 saturated carbocycles. The molecule has 5 nitrogen and oxygen atoms in total. The highest BCUT2D eigenvalue weighted by molar-refractivity contribution is 6.60. The largest absolute Gasteiger partial charge is 0.500 e. The zero-order chi connectivity index (χ0) is 15.6. The lowest BCUT2D eigenvalue weighted by molar-refractivity contribution is 0.109. The van der Waals surface area contributed by atoms with Crippen molar-refractivity contribution in [3.8, 4) is 0 Å². The third kappa shape index (κ3) is 6.75. The average molecular weight is 319 g/mol. The Morgan fingerprint density at radius 2 is 1.86 bits per heavy atom. The summed E-state index contributed by atoms with van der Waals surface area (Å²) in [6.45, 7) is 6.01. The molecule has 0 spiro atoms. The minimum absolute atomic E-state index is 0.713. The summed E-state index contributed by atoms with van der Waals surface area (Å²) in [7, 11) is 2.52. The first-order chi connectivity index (χ1) is 10.2. The molecule has 0 aromatic rings. The molecule has 1 unspecified atom stereocenters. The van der Waals surface area contributed by atoms with E-state index in [0.29, 0.717) is 12.6 Å². The Labute approximate surface area is 131 Å². The summed E-state index contributed by atoms with van der Waals surface area (Å²) in [4.78, 5) is 2.53. The van der Waals surface area contributed by atoms with Crippen molar-refractivity contribution in [3.05, 3.63) is 6.42 Å². The Bertz CT molecular complexity index is 256. The van der Waals surface area contributed by atoms with Crippen LogP contribution >= 0.6 is 0 Å². The van der Waals surface area contributed by atoms with Crippen molar-refractivity contribution in [2.24, 2.45) is 0 Å². The van der Waals surface area contributed by atoms with Gasteiger partial charge in [-0.25, -0.2) is 0 Å². The molecule has 1 aliphatic rings. The van der Waals surface area contributed by atoms with Crippen molar-refractivity contribution in [2.45, 2.75) is 44.7 Å². The van der Waals surface area contributed by atoms with E-state index in [1.165, 1.54) is 25.8 Å². The van der Waals surface area contributed by atoms with Gasteiger partial charge in [0.05, 0.1) is 6.61 Å². The molecular formula is C15H32NO4Si. The zero-order valence-electron chi connectivity index (χ0n) is 14.1. The van der Waals surface area contributed by atoms with Crippen LogP contribution in [0.5, 0.6) is 0 Å². The molecule has 6 heteroatoms. The van der Waals surface area contributed by atoms with E-state index < -0.39 is 8.80 Å². The average Bonchev–Trinajstić information content (AvgIpc) is 2.52. The van der Waals surface area contributed by atoms with Crippen LogP contribution in [0.1, 0.15) is 32.6 Å². The van der Waals surface area contributed by atoms with Crippen LogP contribution in [-0.4, -0.2) is 67.4 Å². The molecule has 1 atom stereocenters. The third-order valence-electron chi connectivity index (χ3n) is 4.24. The van der Waals surface area contributed by atoms with Crippen LogP contribution in [0.15, 0.2) is 0 Å². The van der Waals surface area contributed by atoms with E-state index in [2.05, 4.69) is 18.2 Å². The van der Waals surface area contributed by atoms with Gasteiger partial charge in [0.25, 0.3) is 0 Å². The normalized spacial score (nSPS) is 20.9. The summed E-state index contributed by atoms with van der Waals surface area (Å²) in [6, 6.07) is 1.51. The number of rotatable bonds is 11. The number of hydrogen-bond acceptors (Lipinski definition) is 5. The van der Waals surface area contributed by atoms with Crippen molar-refractivity contribution in [1.29, 1.82) is 0 Å². The molecule has 1 radical (unpaired) electrons. The molecule has 0 aromatic carbocycles. The van der Waals surface area contributed by atoms with Gasteiger partial charge >= 0.3 is 8.80 Å². The van der Waals surface area contributed by atoms with E-state index in [4.69, 9.17) is 18.0 Å². The van der Waals surface area contributed by atoms with Crippen LogP contribution in [-0.2, 0) is 18.0 Å². The fraction of sp³-hybridized carbons (Fsp3) is 0.933. The number of ether oxygens (including phenoxy) is 1. The maximum absolute atomic E-state index is 5.66. The van der Waals surface area contributed by atoms with Gasteiger partial charge in [0.1, 0.15) is 0 Å². The molecule has 1 saturated heterocycles. The summed E-state index contributed by atoms with van der Waals surface area (Å²) >= 11 is 0. The number of hydrogen-bond donors (Lipinski definition) is 0. The Hall–Kier alpha value is 0.0169. The van der Waals surface area contributed by atoms with Crippen molar-refractivity contribution in [1.82, 2.24) is 4.90 Å². The summed E-state index contributed by atoms with van der Waals surface area (Å²) in [5.41, 5.74) is 0. The van der Waals surface area contributed by atoms with E-state index in [-0.39, 0.29) is 0 Å². The predicted molar refractivity (Wildman–Crippen MR) is 86.2 cm³/mol. The summed E-state index contributed by atoms with van der Waals surface area (Å²) in [5, 5.41) is 0. The first-order valence-electron chi connectivity index (χ1n) is 7.96. The van der Waals surface area contributed by atoms with Crippen LogP contribution in [0.2, 0.25) is 6.04 Å². The first-order valence-corrected chi connectivity index (χ1v) is 9.89. The Morgan fingerprint density at radius 3 is 2.48 bits per heavy atom. The lowest BCUT2D eigenvalue weighted by Gasteiger charge is -2.33. The van der Waals surface area contributed by atoms with Gasteiger partial charge in [-0.3, -0.25) is 0 Å². The molecule has 21 heavy (non-hydrogen) atoms. The molecule has 0 N–H and O–H groups in total. The zero-order valence-corrected chi connectivity index (χ0v) is 15.1. The monoisotopic (exact) mass is 318 g/mol. The fourth-order valence-corrected chi connectivity index (χ4v) is 4.45. The molecule has 1 heterocycles. The summed E-state index contributed by atoms with van der Waals surface area (Å²) in [6.07, 6.45) is 7.16. The lowest BCUT2D eigenvalue weighted by atomic mass is 10.0. The highest BCUT2D eigenvalue weighted by Gasteiger charge is 2.36. The number of nitrogens with zero attached hydrogens (tertiary/aromatic N) is 1. The molecule has 1 rings (SSSR count). The highest BCUT2D eigenvalue weighted by atomic mass is 28.4. The van der Waals surface area contributed by atoms with Crippen LogP contribution in [0.4, 0.5) is 0 Å². The molecule has 1 aliphatic heterocycles. The summed E-state index contributed by atoms with van der Waals surface area (Å²) in [5.74, 6) is 0. The molecular weight excluding hydrogens is 286 g/mol. The van der Waals surface area contributed by atoms with Crippen molar-refractivity contribution >= 4 is 8.80 Å². The first kappa shape index (κ1) is 19.1. The van der Waals surface area contributed by atoms with Crippen LogP contribution in [0, 0.1) is 6.42 Å². The van der Waals surface area contributed by atoms with Gasteiger partial charge in [0.2, 0.25) is 0 Å². The van der Waals surface area contributed by atoms with Gasteiger partial charge in [-0.2, -0.15) is 0 Å². The van der Waals surface area contributed by atoms with E-state index in [1.54, 1.807) is 21.3 Å². The van der Waals surface area contributed by atoms with Gasteiger partial charge in [0.15, 0.2) is 0 Å². The second-order valence-electron chi connectivity index (χ2n) is 5.60. The predicted octanol–water partition coefficient (Wildman–Crippen LogP) is 2.35. The molecule has 0 aliphatic carbocycles. The molecule has 125 valence electrons. The maximum Gasteiger partial charge on any atom is 0.500 e. The van der Waals surface area contributed by atoms with Gasteiger partial charge in [-0.15, -0.1) is 0 Å². The van der Waals surface area contributed by atoms with E-state index in [0.717, 1.165) is 25.6 Å². The smallest absolute Gasteiger partial charge is 0.381 e. The maximum atomic E-state index is 5.66. The van der Waals surface area contributed by atoms with Crippen molar-refractivity contribution < 1.29 is 18.0 Å². The topological polar surface area (TPSA) is 40.2 Å². The minimum Gasteiger partial charge on any atom is -0.381 e. The van der Waals surface area contributed by atoms with Crippen molar-refractivity contribution in [3.63, 3.8) is 0 Å². The minimum atomic E-state index is -2.42. The SMILES string of the molecule is CO[Si](CCCOC[CH]CN1CCCCC1C)(OC)OC. The van der Waals surface area contributed by atoms with Crippen LogP contribution in [0.3, 0.4) is 0 Å². The molecule has 0 amide bonds. The Morgan fingerprint density at radius 1 is 1.14 bits per heavy atom. The molecule has 1 fully saturated rings. The Kier molecular flexibility index (Phi) is 9.71. The van der Waals surface area contributed by atoms with Gasteiger partial charge in [-0.1, -0.05) is 6.42 Å². The Balaban J connectivity index is 2.01. The summed E-state index contributed by atoms with van der Waals surface area (Å²) < 4.78 is 21.8. The van der Waals surface area contributed by atoms with Gasteiger partial charge < -0.3 is 22.9 Å². The van der Waals surface area contributed by atoms with E-state index in [9.17, 15) is 0 Å². The second kappa shape index (κ2) is 10.7. The van der Waals surface area contributed by atoms with E-state index >= 15 is 0 Å². The number of likely N-dealkylation sites (tertiary alicyclic amines) is 1. The standard InChI is InChI=1S/C15H32NO4Si/c1-15-9-5-6-10-16(15)11-7-12-20-13-8-14-21(17-2,18-3)19-4/h7,15H,5-6,8-14H2,1-4H3. The van der Waals surface area contributed by atoms with Crippen LogP contribution in [0.25, 0.3) is 0 Å². The molecule has 0 aromatic heterocycles. The van der Waals surface area contributed by atoms with Crippen molar-refractivity contribution in [2.75, 3.05) is 47.6 Å². The van der Waals surface area contributed by atoms with Gasteiger partial charge in [-0.05, 0) is 32.7 Å². The fourth-order valence-electron chi connectivity index (χ4n) is 2.76. The quantitative estimate of drug-likeness (QED) is 0.432. The second-order valence-corrected chi connectivity index (χ2v) is 8.69. The number of piperidine rings is 1. The van der Waals surface area contributed by atoms with E-state index in [1.807, 2.05) is 0 Å². The third-order valence-corrected chi connectivity index (χ3v) is 7.08. The highest BCUT2D eigenvalue weighted by Crippen LogP contribution is 2.16. The lowest BCUT2D eigenvalue weighted by Crippen LogP contribution is -2.42. The molecule has 0 bridgehead atoms. The van der Waals surface area contributed by atoms with Crippen LogP contribution < -0.4 is 0 Å². The van der Waals surface area contributed by atoms with Gasteiger partial charge in [0, 0.05) is 53.0 Å².